The molecule has 1 heterocycles. The standard InChI is InChI=1S/C28H30N4O2/c1-28(34)13-11-22(12-14-28)31-27(33)25-15-19-9-10-20(26(29)30)16-24(19)32(25)17-21-7-4-6-18-5-2-3-8-23(18)21/h2-10,15-16,22,34H,11-14,17H2,1H3,(H3,29,30)(H,31,33). The highest BCUT2D eigenvalue weighted by Gasteiger charge is 2.30. The van der Waals surface area contributed by atoms with Gasteiger partial charge in [-0.25, -0.2) is 0 Å². The number of amidine groups is 1. The molecule has 5 rings (SSSR count). The van der Waals surface area contributed by atoms with Crippen LogP contribution in [0.25, 0.3) is 21.7 Å². The Morgan fingerprint density at radius 1 is 1.09 bits per heavy atom. The molecule has 0 spiro atoms. The molecule has 0 saturated heterocycles. The summed E-state index contributed by atoms with van der Waals surface area (Å²) in [6.45, 7) is 2.38. The molecule has 6 nitrogen and oxygen atoms in total. The third-order valence-electron chi connectivity index (χ3n) is 7.05. The van der Waals surface area contributed by atoms with Crippen LogP contribution in [-0.4, -0.2) is 33.1 Å². The SMILES string of the molecule is CC1(O)CCC(NC(=O)c2cc3ccc(C(=N)N)cc3n2Cc2cccc3ccccc23)CC1. The van der Waals surface area contributed by atoms with Gasteiger partial charge < -0.3 is 20.7 Å². The number of aliphatic hydroxyl groups is 1. The van der Waals surface area contributed by atoms with Gasteiger partial charge in [-0.3, -0.25) is 10.2 Å². The first kappa shape index (κ1) is 22.2. The topological polar surface area (TPSA) is 104 Å². The van der Waals surface area contributed by atoms with Crippen molar-refractivity contribution in [2.24, 2.45) is 5.73 Å². The number of rotatable bonds is 5. The molecule has 0 unspecified atom stereocenters. The van der Waals surface area contributed by atoms with Crippen LogP contribution < -0.4 is 11.1 Å². The molecular formula is C28H30N4O2. The Morgan fingerprint density at radius 3 is 2.59 bits per heavy atom. The monoisotopic (exact) mass is 454 g/mol. The molecule has 3 aromatic carbocycles. The third kappa shape index (κ3) is 4.29. The zero-order chi connectivity index (χ0) is 23.9. The summed E-state index contributed by atoms with van der Waals surface area (Å²) in [6.07, 6.45) is 2.88. The molecule has 6 heteroatoms. The highest BCUT2D eigenvalue weighted by Crippen LogP contribution is 2.29. The number of hydrogen-bond donors (Lipinski definition) is 4. The first-order valence-electron chi connectivity index (χ1n) is 11.8. The molecule has 34 heavy (non-hydrogen) atoms. The second kappa shape index (κ2) is 8.61. The number of nitrogens with two attached hydrogens (primary N) is 1. The Morgan fingerprint density at radius 2 is 1.82 bits per heavy atom. The van der Waals surface area contributed by atoms with Crippen LogP contribution in [0.2, 0.25) is 0 Å². The van der Waals surface area contributed by atoms with E-state index < -0.39 is 5.60 Å². The summed E-state index contributed by atoms with van der Waals surface area (Å²) in [5, 5.41) is 24.6. The van der Waals surface area contributed by atoms with Gasteiger partial charge in [0, 0.05) is 29.1 Å². The number of hydrogen-bond acceptors (Lipinski definition) is 3. The number of fused-ring (bicyclic) bond motifs is 2. The Bertz CT molecular complexity index is 1390. The normalized spacial score (nSPS) is 20.5. The molecule has 0 aliphatic heterocycles. The fourth-order valence-corrected chi connectivity index (χ4v) is 5.02. The summed E-state index contributed by atoms with van der Waals surface area (Å²) in [4.78, 5) is 13.5. The summed E-state index contributed by atoms with van der Waals surface area (Å²) in [6, 6.07) is 22.0. The van der Waals surface area contributed by atoms with Gasteiger partial charge in [0.15, 0.2) is 0 Å². The molecule has 1 aliphatic carbocycles. The van der Waals surface area contributed by atoms with Crippen LogP contribution in [-0.2, 0) is 6.54 Å². The number of amides is 1. The highest BCUT2D eigenvalue weighted by atomic mass is 16.3. The number of nitrogen functional groups attached to an aromatic ring is 1. The minimum atomic E-state index is -0.645. The van der Waals surface area contributed by atoms with E-state index >= 15 is 0 Å². The second-order valence-electron chi connectivity index (χ2n) is 9.69. The number of nitrogens with zero attached hydrogens (tertiary/aromatic N) is 1. The Balaban J connectivity index is 1.55. The van der Waals surface area contributed by atoms with Crippen molar-refractivity contribution in [3.05, 3.63) is 83.6 Å². The molecule has 0 bridgehead atoms. The first-order chi connectivity index (χ1) is 16.3. The second-order valence-corrected chi connectivity index (χ2v) is 9.69. The Labute approximate surface area is 198 Å². The molecular weight excluding hydrogens is 424 g/mol. The maximum Gasteiger partial charge on any atom is 0.268 e. The van der Waals surface area contributed by atoms with Crippen LogP contribution in [0.5, 0.6) is 0 Å². The smallest absolute Gasteiger partial charge is 0.268 e. The van der Waals surface area contributed by atoms with E-state index in [1.165, 1.54) is 0 Å². The third-order valence-corrected chi connectivity index (χ3v) is 7.05. The molecule has 1 amide bonds. The van der Waals surface area contributed by atoms with Crippen LogP contribution in [0.4, 0.5) is 0 Å². The zero-order valence-electron chi connectivity index (χ0n) is 19.3. The molecule has 0 radical (unpaired) electrons. The molecule has 0 atom stereocenters. The Kier molecular flexibility index (Phi) is 5.62. The van der Waals surface area contributed by atoms with Gasteiger partial charge in [0.25, 0.3) is 5.91 Å². The maximum atomic E-state index is 13.5. The minimum Gasteiger partial charge on any atom is -0.390 e. The summed E-state index contributed by atoms with van der Waals surface area (Å²) in [7, 11) is 0. The van der Waals surface area contributed by atoms with Gasteiger partial charge in [-0.05, 0) is 61.1 Å². The number of benzene rings is 3. The average molecular weight is 455 g/mol. The van der Waals surface area contributed by atoms with E-state index in [0.717, 1.165) is 40.1 Å². The van der Waals surface area contributed by atoms with Crippen molar-refractivity contribution in [2.75, 3.05) is 0 Å². The van der Waals surface area contributed by atoms with Crippen molar-refractivity contribution >= 4 is 33.4 Å². The number of aromatic nitrogens is 1. The Hall–Kier alpha value is -3.64. The van der Waals surface area contributed by atoms with Gasteiger partial charge in [-0.2, -0.15) is 0 Å². The van der Waals surface area contributed by atoms with Gasteiger partial charge in [0.2, 0.25) is 0 Å². The molecule has 5 N–H and O–H groups in total. The van der Waals surface area contributed by atoms with Gasteiger partial charge >= 0.3 is 0 Å². The maximum absolute atomic E-state index is 13.5. The van der Waals surface area contributed by atoms with E-state index in [-0.39, 0.29) is 17.8 Å². The first-order valence-corrected chi connectivity index (χ1v) is 11.8. The van der Waals surface area contributed by atoms with Crippen LogP contribution >= 0.6 is 0 Å². The van der Waals surface area contributed by atoms with Gasteiger partial charge in [-0.15, -0.1) is 0 Å². The van der Waals surface area contributed by atoms with E-state index in [1.54, 1.807) is 0 Å². The average Bonchev–Trinajstić information content (AvgIpc) is 3.18. The summed E-state index contributed by atoms with van der Waals surface area (Å²) in [5.41, 5.74) is 8.33. The predicted molar refractivity (Wildman–Crippen MR) is 136 cm³/mol. The van der Waals surface area contributed by atoms with E-state index in [0.29, 0.717) is 30.6 Å². The fraction of sp³-hybridized carbons (Fsp3) is 0.286. The van der Waals surface area contributed by atoms with Crippen molar-refractivity contribution in [2.45, 2.75) is 50.8 Å². The lowest BCUT2D eigenvalue weighted by Gasteiger charge is -2.33. The van der Waals surface area contributed by atoms with Crippen LogP contribution in [0.3, 0.4) is 0 Å². The molecule has 1 aromatic heterocycles. The van der Waals surface area contributed by atoms with Gasteiger partial charge in [0.1, 0.15) is 11.5 Å². The van der Waals surface area contributed by atoms with Gasteiger partial charge in [-0.1, -0.05) is 54.6 Å². The molecule has 4 aromatic rings. The van der Waals surface area contributed by atoms with Crippen molar-refractivity contribution in [3.63, 3.8) is 0 Å². The molecule has 1 fully saturated rings. The summed E-state index contributed by atoms with van der Waals surface area (Å²) < 4.78 is 2.03. The van der Waals surface area contributed by atoms with Crippen molar-refractivity contribution in [3.8, 4) is 0 Å². The van der Waals surface area contributed by atoms with Crippen molar-refractivity contribution in [1.29, 1.82) is 5.41 Å². The van der Waals surface area contributed by atoms with E-state index in [9.17, 15) is 9.90 Å². The van der Waals surface area contributed by atoms with Gasteiger partial charge in [0.05, 0.1) is 5.60 Å². The zero-order valence-corrected chi connectivity index (χ0v) is 19.3. The highest BCUT2D eigenvalue weighted by molar-refractivity contribution is 6.02. The van der Waals surface area contributed by atoms with Crippen molar-refractivity contribution < 1.29 is 9.90 Å². The lowest BCUT2D eigenvalue weighted by molar-refractivity contribution is 0.0140. The lowest BCUT2D eigenvalue weighted by Crippen LogP contribution is -2.42. The van der Waals surface area contributed by atoms with E-state index in [4.69, 9.17) is 11.1 Å². The fourth-order valence-electron chi connectivity index (χ4n) is 5.02. The molecule has 174 valence electrons. The quantitative estimate of drug-likeness (QED) is 0.263. The van der Waals surface area contributed by atoms with Crippen LogP contribution in [0, 0.1) is 5.41 Å². The predicted octanol–water partition coefficient (Wildman–Crippen LogP) is 4.55. The van der Waals surface area contributed by atoms with Crippen LogP contribution in [0.15, 0.2) is 66.7 Å². The summed E-state index contributed by atoms with van der Waals surface area (Å²) in [5.74, 6) is -0.118. The van der Waals surface area contributed by atoms with Crippen LogP contribution in [0.1, 0.15) is 54.2 Å². The lowest BCUT2D eigenvalue weighted by atomic mass is 9.83. The van der Waals surface area contributed by atoms with Crippen molar-refractivity contribution in [1.82, 2.24) is 9.88 Å². The summed E-state index contributed by atoms with van der Waals surface area (Å²) >= 11 is 0. The molecule has 1 aliphatic rings. The number of carbonyl (C=O) groups excluding carboxylic acids is 1. The number of nitrogens with one attached hydrogen (secondary N) is 2. The number of carbonyl (C=O) groups is 1. The largest absolute Gasteiger partial charge is 0.390 e. The van der Waals surface area contributed by atoms with E-state index in [1.807, 2.05) is 54.0 Å². The minimum absolute atomic E-state index is 0.0000653. The molecule has 1 saturated carbocycles. The van der Waals surface area contributed by atoms with E-state index in [2.05, 4.69) is 29.6 Å².